The van der Waals surface area contributed by atoms with E-state index in [0.29, 0.717) is 18.2 Å². The van der Waals surface area contributed by atoms with Gasteiger partial charge in [0.1, 0.15) is 5.69 Å². The van der Waals surface area contributed by atoms with Crippen molar-refractivity contribution < 1.29 is 4.79 Å². The van der Waals surface area contributed by atoms with Gasteiger partial charge in [-0.25, -0.2) is 15.0 Å². The van der Waals surface area contributed by atoms with Crippen LogP contribution in [0.4, 0.5) is 5.95 Å². The molecule has 2 heterocycles. The molecule has 2 aromatic heterocycles. The van der Waals surface area contributed by atoms with Gasteiger partial charge in [0.2, 0.25) is 5.95 Å². The van der Waals surface area contributed by atoms with Crippen LogP contribution in [-0.2, 0) is 25.9 Å². The maximum absolute atomic E-state index is 12.6. The summed E-state index contributed by atoms with van der Waals surface area (Å²) in [5, 5.41) is 2.95. The molecule has 24 heavy (non-hydrogen) atoms. The molecule has 0 fully saturated rings. The minimum atomic E-state index is -0.195. The fraction of sp³-hybridized carbons (Fsp3) is 0.529. The van der Waals surface area contributed by atoms with Crippen molar-refractivity contribution in [3.63, 3.8) is 0 Å². The highest BCUT2D eigenvalue weighted by atomic mass is 16.1. The van der Waals surface area contributed by atoms with Gasteiger partial charge in [-0.05, 0) is 31.6 Å². The van der Waals surface area contributed by atoms with Crippen molar-refractivity contribution in [3.8, 4) is 0 Å². The van der Waals surface area contributed by atoms with Gasteiger partial charge in [0.15, 0.2) is 0 Å². The first-order chi connectivity index (χ1) is 11.5. The van der Waals surface area contributed by atoms with Crippen LogP contribution in [0.25, 0.3) is 0 Å². The van der Waals surface area contributed by atoms with Gasteiger partial charge in [0.05, 0.1) is 18.6 Å². The summed E-state index contributed by atoms with van der Waals surface area (Å²) in [4.78, 5) is 25.3. The zero-order valence-corrected chi connectivity index (χ0v) is 14.2. The van der Waals surface area contributed by atoms with Crippen molar-refractivity contribution in [3.05, 3.63) is 35.2 Å². The number of amides is 1. The standard InChI is InChI=1S/C17H24N6O/c1-11(2)9-23-10-19-7-12(23)8-20-16(24)15-13-5-3-4-6-14(13)21-17(18)22-15/h7,10-11H,3-6,8-9H2,1-2H3,(H,20,24)(H2,18,21,22). The second-order valence-corrected chi connectivity index (χ2v) is 6.68. The average Bonchev–Trinajstić information content (AvgIpc) is 2.98. The molecule has 2 aromatic rings. The number of aryl methyl sites for hydroxylation is 1. The SMILES string of the molecule is CC(C)Cn1cncc1CNC(=O)c1nc(N)nc2c1CCCC2. The van der Waals surface area contributed by atoms with E-state index in [-0.39, 0.29) is 11.9 Å². The first-order valence-electron chi connectivity index (χ1n) is 8.47. The molecule has 0 radical (unpaired) electrons. The average molecular weight is 328 g/mol. The second-order valence-electron chi connectivity index (χ2n) is 6.68. The zero-order chi connectivity index (χ0) is 17.1. The Morgan fingerprint density at radius 3 is 2.92 bits per heavy atom. The molecule has 0 aromatic carbocycles. The van der Waals surface area contributed by atoms with Crippen molar-refractivity contribution in [1.82, 2.24) is 24.8 Å². The Morgan fingerprint density at radius 1 is 1.33 bits per heavy atom. The molecule has 0 bridgehead atoms. The number of nitrogens with one attached hydrogen (secondary N) is 1. The molecule has 0 unspecified atom stereocenters. The largest absolute Gasteiger partial charge is 0.368 e. The van der Waals surface area contributed by atoms with Gasteiger partial charge in [-0.2, -0.15) is 0 Å². The highest BCUT2D eigenvalue weighted by molar-refractivity contribution is 5.94. The van der Waals surface area contributed by atoms with E-state index in [9.17, 15) is 4.79 Å². The second kappa shape index (κ2) is 6.98. The lowest BCUT2D eigenvalue weighted by Gasteiger charge is -2.18. The van der Waals surface area contributed by atoms with E-state index in [2.05, 4.69) is 38.7 Å². The Morgan fingerprint density at radius 2 is 2.12 bits per heavy atom. The Labute approximate surface area is 141 Å². The molecule has 3 rings (SSSR count). The topological polar surface area (TPSA) is 98.7 Å². The highest BCUT2D eigenvalue weighted by Gasteiger charge is 2.21. The van der Waals surface area contributed by atoms with Crippen LogP contribution < -0.4 is 11.1 Å². The van der Waals surface area contributed by atoms with Gasteiger partial charge in [-0.15, -0.1) is 0 Å². The van der Waals surface area contributed by atoms with Gasteiger partial charge in [0.25, 0.3) is 5.91 Å². The Balaban J connectivity index is 1.74. The first-order valence-corrected chi connectivity index (χ1v) is 8.47. The molecular formula is C17H24N6O. The van der Waals surface area contributed by atoms with E-state index in [1.54, 1.807) is 12.5 Å². The molecule has 1 amide bonds. The Kier molecular flexibility index (Phi) is 4.78. The zero-order valence-electron chi connectivity index (χ0n) is 14.2. The third kappa shape index (κ3) is 3.55. The smallest absolute Gasteiger partial charge is 0.270 e. The van der Waals surface area contributed by atoms with Crippen LogP contribution in [0.1, 0.15) is 54.1 Å². The quantitative estimate of drug-likeness (QED) is 0.871. The minimum absolute atomic E-state index is 0.172. The molecule has 1 aliphatic rings. The number of aromatic nitrogens is 4. The molecule has 1 aliphatic carbocycles. The van der Waals surface area contributed by atoms with Crippen molar-refractivity contribution in [1.29, 1.82) is 0 Å². The van der Waals surface area contributed by atoms with E-state index in [1.807, 2.05) is 0 Å². The number of hydrogen-bond acceptors (Lipinski definition) is 5. The van der Waals surface area contributed by atoms with Crippen molar-refractivity contribution in [2.45, 2.75) is 52.6 Å². The summed E-state index contributed by atoms with van der Waals surface area (Å²) in [5.74, 6) is 0.493. The number of carbonyl (C=O) groups is 1. The van der Waals surface area contributed by atoms with Crippen LogP contribution >= 0.6 is 0 Å². The number of nitrogens with zero attached hydrogens (tertiary/aromatic N) is 4. The van der Waals surface area contributed by atoms with Gasteiger partial charge in [-0.1, -0.05) is 13.8 Å². The molecule has 7 nitrogen and oxygen atoms in total. The van der Waals surface area contributed by atoms with E-state index < -0.39 is 0 Å². The number of imidazole rings is 1. The van der Waals surface area contributed by atoms with Crippen LogP contribution in [0, 0.1) is 5.92 Å². The van der Waals surface area contributed by atoms with Gasteiger partial charge >= 0.3 is 0 Å². The molecule has 3 N–H and O–H groups in total. The van der Waals surface area contributed by atoms with E-state index >= 15 is 0 Å². The lowest BCUT2D eigenvalue weighted by molar-refractivity contribution is 0.0943. The van der Waals surface area contributed by atoms with E-state index in [4.69, 9.17) is 5.73 Å². The maximum Gasteiger partial charge on any atom is 0.270 e. The van der Waals surface area contributed by atoms with Crippen LogP contribution in [0.3, 0.4) is 0 Å². The summed E-state index contributed by atoms with van der Waals surface area (Å²) in [5.41, 5.74) is 9.04. The molecule has 7 heteroatoms. The maximum atomic E-state index is 12.6. The Hall–Kier alpha value is -2.44. The number of rotatable bonds is 5. The van der Waals surface area contributed by atoms with Crippen molar-refractivity contribution >= 4 is 11.9 Å². The van der Waals surface area contributed by atoms with Gasteiger partial charge < -0.3 is 15.6 Å². The van der Waals surface area contributed by atoms with Crippen molar-refractivity contribution in [2.75, 3.05) is 5.73 Å². The van der Waals surface area contributed by atoms with Crippen LogP contribution in [0.15, 0.2) is 12.5 Å². The number of anilines is 1. The molecule has 0 atom stereocenters. The molecule has 0 spiro atoms. The van der Waals surface area contributed by atoms with Crippen LogP contribution in [0.5, 0.6) is 0 Å². The summed E-state index contributed by atoms with van der Waals surface area (Å²) in [6.07, 6.45) is 7.42. The molecule has 0 saturated carbocycles. The van der Waals surface area contributed by atoms with Crippen molar-refractivity contribution in [2.24, 2.45) is 5.92 Å². The normalized spacial score (nSPS) is 13.8. The number of nitrogen functional groups attached to an aromatic ring is 1. The predicted molar refractivity (Wildman–Crippen MR) is 91.3 cm³/mol. The predicted octanol–water partition coefficient (Wildman–Crippen LogP) is 1.72. The summed E-state index contributed by atoms with van der Waals surface area (Å²) in [6, 6.07) is 0. The Bertz CT molecular complexity index is 737. The van der Waals surface area contributed by atoms with E-state index in [0.717, 1.165) is 49.2 Å². The number of carbonyl (C=O) groups excluding carboxylic acids is 1. The molecule has 0 aliphatic heterocycles. The highest BCUT2D eigenvalue weighted by Crippen LogP contribution is 2.22. The first kappa shape index (κ1) is 16.4. The fourth-order valence-corrected chi connectivity index (χ4v) is 3.11. The summed E-state index contributed by atoms with van der Waals surface area (Å²) < 4.78 is 2.06. The summed E-state index contributed by atoms with van der Waals surface area (Å²) in [7, 11) is 0. The van der Waals surface area contributed by atoms with E-state index in [1.165, 1.54) is 0 Å². The van der Waals surface area contributed by atoms with Crippen LogP contribution in [-0.4, -0.2) is 25.4 Å². The minimum Gasteiger partial charge on any atom is -0.368 e. The number of fused-ring (bicyclic) bond motifs is 1. The lowest BCUT2D eigenvalue weighted by Crippen LogP contribution is -2.28. The third-order valence-corrected chi connectivity index (χ3v) is 4.21. The number of nitrogens with two attached hydrogens (primary N) is 1. The number of hydrogen-bond donors (Lipinski definition) is 2. The van der Waals surface area contributed by atoms with Gasteiger partial charge in [0, 0.05) is 24.0 Å². The molecular weight excluding hydrogens is 304 g/mol. The molecule has 128 valence electrons. The monoisotopic (exact) mass is 328 g/mol. The third-order valence-electron chi connectivity index (χ3n) is 4.21. The summed E-state index contributed by atoms with van der Waals surface area (Å²) in [6.45, 7) is 5.60. The van der Waals surface area contributed by atoms with Gasteiger partial charge in [-0.3, -0.25) is 4.79 Å². The fourth-order valence-electron chi connectivity index (χ4n) is 3.11. The lowest BCUT2D eigenvalue weighted by atomic mass is 9.94. The van der Waals surface area contributed by atoms with Crippen LogP contribution in [0.2, 0.25) is 0 Å². The summed E-state index contributed by atoms with van der Waals surface area (Å²) >= 11 is 0. The molecule has 0 saturated heterocycles.